The average molecular weight is 737 g/mol. The van der Waals surface area contributed by atoms with Gasteiger partial charge < -0.3 is 30.3 Å². The number of benzene rings is 1. The third kappa shape index (κ3) is 11.1. The molecule has 53 heavy (non-hydrogen) atoms. The summed E-state index contributed by atoms with van der Waals surface area (Å²) in [6.45, 7) is 17.0. The van der Waals surface area contributed by atoms with E-state index in [1.807, 2.05) is 44.2 Å². The molecular weight excluding hydrogens is 676 g/mol. The predicted molar refractivity (Wildman–Crippen MR) is 200 cm³/mol. The van der Waals surface area contributed by atoms with Gasteiger partial charge in [0.1, 0.15) is 23.3 Å². The van der Waals surface area contributed by atoms with E-state index in [0.29, 0.717) is 19.4 Å². The number of alkyl carbamates (subject to hydrolysis) is 1. The highest BCUT2D eigenvalue weighted by molar-refractivity contribution is 6.38. The molecule has 292 valence electrons. The van der Waals surface area contributed by atoms with Crippen molar-refractivity contribution in [3.63, 3.8) is 0 Å². The number of hydrogen-bond donors (Lipinski definition) is 3. The Kier molecular flexibility index (Phi) is 13.5. The van der Waals surface area contributed by atoms with Gasteiger partial charge in [0, 0.05) is 19.5 Å². The molecule has 1 aromatic rings. The van der Waals surface area contributed by atoms with Crippen molar-refractivity contribution in [2.75, 3.05) is 13.1 Å². The van der Waals surface area contributed by atoms with E-state index in [9.17, 15) is 28.8 Å². The zero-order chi connectivity index (χ0) is 39.1. The number of amides is 4. The molecule has 2 unspecified atom stereocenters. The smallest absolute Gasteiger partial charge is 0.408 e. The Bertz CT molecular complexity index is 1510. The molecule has 3 aliphatic rings. The van der Waals surface area contributed by atoms with Crippen molar-refractivity contribution in [2.45, 2.75) is 136 Å². The molecule has 3 N–H and O–H groups in total. The fourth-order valence-electron chi connectivity index (χ4n) is 8.09. The lowest BCUT2D eigenvalue weighted by Crippen LogP contribution is -2.59. The largest absolute Gasteiger partial charge is 0.459 e. The summed E-state index contributed by atoms with van der Waals surface area (Å²) in [5.74, 6) is -3.34. The van der Waals surface area contributed by atoms with Gasteiger partial charge in [0.15, 0.2) is 0 Å². The molecule has 0 bridgehead atoms. The Morgan fingerprint density at radius 1 is 0.962 bits per heavy atom. The summed E-state index contributed by atoms with van der Waals surface area (Å²) in [4.78, 5) is 82.2. The number of rotatable bonds is 16. The lowest BCUT2D eigenvalue weighted by Gasteiger charge is -2.37. The maximum absolute atomic E-state index is 14.4. The fourth-order valence-corrected chi connectivity index (χ4v) is 8.09. The number of nitrogens with one attached hydrogen (secondary N) is 3. The van der Waals surface area contributed by atoms with Crippen LogP contribution in [0.3, 0.4) is 0 Å². The number of carbonyl (C=O) groups is 6. The number of allylic oxidation sites excluding steroid dienone is 1. The van der Waals surface area contributed by atoms with Crippen LogP contribution in [-0.2, 0) is 39.9 Å². The highest BCUT2D eigenvalue weighted by Crippen LogP contribution is 2.65. The van der Waals surface area contributed by atoms with Crippen LogP contribution in [0.2, 0.25) is 0 Å². The van der Waals surface area contributed by atoms with Crippen molar-refractivity contribution < 1.29 is 38.2 Å². The predicted octanol–water partition coefficient (Wildman–Crippen LogP) is 5.03. The second kappa shape index (κ2) is 17.3. The molecule has 1 aromatic carbocycles. The Balaban J connectivity index is 1.41. The maximum Gasteiger partial charge on any atom is 0.408 e. The van der Waals surface area contributed by atoms with Gasteiger partial charge in [0.2, 0.25) is 17.6 Å². The van der Waals surface area contributed by atoms with Crippen molar-refractivity contribution >= 4 is 35.6 Å². The van der Waals surface area contributed by atoms with E-state index in [0.717, 1.165) is 37.7 Å². The van der Waals surface area contributed by atoms with Gasteiger partial charge in [-0.2, -0.15) is 0 Å². The van der Waals surface area contributed by atoms with Crippen LogP contribution in [0, 0.1) is 23.2 Å². The average Bonchev–Trinajstić information content (AvgIpc) is 3.38. The third-order valence-corrected chi connectivity index (χ3v) is 10.8. The number of esters is 1. The van der Waals surface area contributed by atoms with Crippen molar-refractivity contribution in [3.05, 3.63) is 48.6 Å². The van der Waals surface area contributed by atoms with Crippen LogP contribution in [0.1, 0.15) is 105 Å². The second-order valence-corrected chi connectivity index (χ2v) is 17.1. The number of hydrogen-bond acceptors (Lipinski definition) is 8. The zero-order valence-corrected chi connectivity index (χ0v) is 32.6. The van der Waals surface area contributed by atoms with Crippen molar-refractivity contribution in [2.24, 2.45) is 23.2 Å². The van der Waals surface area contributed by atoms with Gasteiger partial charge in [-0.1, -0.05) is 69.5 Å². The molecular formula is C41H60N4O8. The highest BCUT2D eigenvalue weighted by Gasteiger charge is 2.69. The summed E-state index contributed by atoms with van der Waals surface area (Å²) < 4.78 is 11.2. The Labute approximate surface area is 314 Å². The van der Waals surface area contributed by atoms with Crippen LogP contribution in [0.25, 0.3) is 0 Å². The summed E-state index contributed by atoms with van der Waals surface area (Å²) in [5, 5.41) is 8.16. The minimum Gasteiger partial charge on any atom is -0.459 e. The first-order valence-corrected chi connectivity index (χ1v) is 19.1. The number of fused-ring (bicyclic) bond motifs is 1. The summed E-state index contributed by atoms with van der Waals surface area (Å²) in [6, 6.07) is 6.72. The lowest BCUT2D eigenvalue weighted by molar-refractivity contribution is -0.156. The van der Waals surface area contributed by atoms with E-state index in [2.05, 4.69) is 36.4 Å². The number of nitrogens with zero attached hydrogens (tertiary/aromatic N) is 1. The fraction of sp³-hybridized carbons (Fsp3) is 0.659. The van der Waals surface area contributed by atoms with Crippen LogP contribution in [0.5, 0.6) is 0 Å². The summed E-state index contributed by atoms with van der Waals surface area (Å²) >= 11 is 0. The summed E-state index contributed by atoms with van der Waals surface area (Å²) in [5.41, 5.74) is -0.719. The highest BCUT2D eigenvalue weighted by atomic mass is 16.6. The van der Waals surface area contributed by atoms with E-state index in [1.54, 1.807) is 31.7 Å². The normalized spacial score (nSPS) is 22.0. The molecule has 12 nitrogen and oxygen atoms in total. The van der Waals surface area contributed by atoms with Crippen LogP contribution in [0.4, 0.5) is 4.79 Å². The molecule has 0 radical (unpaired) electrons. The van der Waals surface area contributed by atoms with E-state index < -0.39 is 59.0 Å². The molecule has 1 saturated heterocycles. The topological polar surface area (TPSA) is 160 Å². The Morgan fingerprint density at radius 2 is 1.62 bits per heavy atom. The lowest BCUT2D eigenvalue weighted by atomic mass is 9.83. The summed E-state index contributed by atoms with van der Waals surface area (Å²) in [6.07, 6.45) is 6.24. The first kappa shape index (κ1) is 41.5. The van der Waals surface area contributed by atoms with Crippen LogP contribution < -0.4 is 16.0 Å². The number of piperidine rings is 1. The van der Waals surface area contributed by atoms with Gasteiger partial charge in [-0.15, -0.1) is 6.58 Å². The zero-order valence-electron chi connectivity index (χ0n) is 32.6. The van der Waals surface area contributed by atoms with Crippen LogP contribution in [0.15, 0.2) is 43.0 Å². The molecule has 2 aliphatic carbocycles. The maximum atomic E-state index is 14.4. The minimum atomic E-state index is -1.18. The van der Waals surface area contributed by atoms with Gasteiger partial charge >= 0.3 is 12.1 Å². The van der Waals surface area contributed by atoms with Gasteiger partial charge in [-0.3, -0.25) is 24.0 Å². The summed E-state index contributed by atoms with van der Waals surface area (Å²) in [7, 11) is 0. The number of likely N-dealkylation sites (tertiary alicyclic amines) is 1. The molecule has 3 fully saturated rings. The molecule has 0 spiro atoms. The number of Topliss-reactive ketones (excluding diaryl/α,β-unsaturated/α-hetero) is 1. The first-order chi connectivity index (χ1) is 24.8. The van der Waals surface area contributed by atoms with Gasteiger partial charge in [-0.25, -0.2) is 4.79 Å². The number of carbonyl (C=O) groups excluding carboxylic acids is 6. The van der Waals surface area contributed by atoms with Crippen molar-refractivity contribution in [1.82, 2.24) is 20.9 Å². The second-order valence-electron chi connectivity index (χ2n) is 17.1. The van der Waals surface area contributed by atoms with E-state index in [1.165, 1.54) is 0 Å². The quantitative estimate of drug-likeness (QED) is 0.121. The SMILES string of the molecule is C=CCC[C@H](NC(=O)[C@@H]1C2C(CN1C(=O)[C@@H](NC(=O)OC(C)(C)C)C1CCCCC1)C2(C)C)C(=O)C(=O)NCCC(=O)OC(C)(C)Cc1ccccc1. The molecule has 12 heteroatoms. The van der Waals surface area contributed by atoms with Gasteiger partial charge in [-0.05, 0) is 89.0 Å². The minimum absolute atomic E-state index is 0.0683. The van der Waals surface area contributed by atoms with E-state index in [4.69, 9.17) is 9.47 Å². The third-order valence-electron chi connectivity index (χ3n) is 10.8. The van der Waals surface area contributed by atoms with Crippen LogP contribution >= 0.6 is 0 Å². The monoisotopic (exact) mass is 736 g/mol. The molecule has 0 aromatic heterocycles. The first-order valence-electron chi connectivity index (χ1n) is 19.1. The van der Waals surface area contributed by atoms with E-state index in [-0.39, 0.29) is 48.5 Å². The molecule has 4 amide bonds. The number of ether oxygens (including phenoxy) is 2. The standard InChI is InChI=1S/C41H60N4O8/c1-9-10-21-29(34(47)36(49)42-23-22-30(46)52-40(5,6)24-26-17-13-11-14-18-26)43-35(48)33-31-28(41(31,7)8)25-45(33)37(50)32(27-19-15-12-16-20-27)44-38(51)53-39(2,3)4/h9,11,13-14,17-18,27-29,31-33H,1,10,12,15-16,19-25H2,2-8H3,(H,42,49)(H,43,48)(H,44,51)/t28?,29-,31?,32-,33-/m0/s1. The van der Waals surface area contributed by atoms with Crippen molar-refractivity contribution in [1.29, 1.82) is 0 Å². The van der Waals surface area contributed by atoms with E-state index >= 15 is 0 Å². The number of ketones is 1. The molecule has 5 atom stereocenters. The molecule has 1 aliphatic heterocycles. The van der Waals surface area contributed by atoms with Crippen LogP contribution in [-0.4, -0.2) is 82.9 Å². The Morgan fingerprint density at radius 3 is 2.25 bits per heavy atom. The van der Waals surface area contributed by atoms with Gasteiger partial charge in [0.05, 0.1) is 12.5 Å². The molecule has 1 heterocycles. The molecule has 2 saturated carbocycles. The van der Waals surface area contributed by atoms with Gasteiger partial charge in [0.25, 0.3) is 5.91 Å². The Hall–Kier alpha value is -4.22. The molecule has 4 rings (SSSR count). The van der Waals surface area contributed by atoms with Crippen molar-refractivity contribution in [3.8, 4) is 0 Å².